The molecule has 1 aliphatic rings. The Bertz CT molecular complexity index is 1640. The number of aromatic nitrogens is 3. The lowest BCUT2D eigenvalue weighted by molar-refractivity contribution is -0.139. The SMILES string of the molecule is COc1cc2nccc(Oc3ncc(CC(=O)C4(C(=O)Cc5ccc(F)cc5)CC4)cc3C(F)(F)F)c2nc1OC. The lowest BCUT2D eigenvalue weighted by Crippen LogP contribution is -2.29. The minimum absolute atomic E-state index is 0.0142. The van der Waals surface area contributed by atoms with Crippen LogP contribution in [-0.4, -0.2) is 40.7 Å². The molecule has 0 N–H and O–H groups in total. The van der Waals surface area contributed by atoms with Crippen LogP contribution in [-0.2, 0) is 28.6 Å². The molecule has 4 aromatic rings. The van der Waals surface area contributed by atoms with Crippen LogP contribution in [0.3, 0.4) is 0 Å². The first-order chi connectivity index (χ1) is 19.5. The summed E-state index contributed by atoms with van der Waals surface area (Å²) >= 11 is 0. The molecule has 0 radical (unpaired) electrons. The number of Topliss-reactive ketones (excluding diaryl/α,β-unsaturated/α-hetero) is 2. The molecule has 8 nitrogen and oxygen atoms in total. The standard InChI is InChI=1S/C29H23F4N3O5/c1-39-22-14-20-25(36-27(22)40-2)21(7-10-34-20)41-26-19(29(31,32)33)11-17(15-35-26)13-24(38)28(8-9-28)23(37)12-16-3-5-18(30)6-4-16/h3-7,10-11,14-15H,8-9,12-13H2,1-2H3. The summed E-state index contributed by atoms with van der Waals surface area (Å²) in [4.78, 5) is 38.3. The maximum atomic E-state index is 14.1. The molecule has 0 amide bonds. The van der Waals surface area contributed by atoms with Gasteiger partial charge in [0.05, 0.1) is 25.2 Å². The van der Waals surface area contributed by atoms with Crippen molar-refractivity contribution in [1.29, 1.82) is 0 Å². The quantitative estimate of drug-likeness (QED) is 0.177. The zero-order valence-corrected chi connectivity index (χ0v) is 21.9. The smallest absolute Gasteiger partial charge is 0.421 e. The minimum atomic E-state index is -4.87. The highest BCUT2D eigenvalue weighted by Crippen LogP contribution is 2.49. The average molecular weight is 570 g/mol. The van der Waals surface area contributed by atoms with Gasteiger partial charge in [0, 0.05) is 37.4 Å². The van der Waals surface area contributed by atoms with Crippen molar-refractivity contribution in [3.8, 4) is 23.3 Å². The number of carbonyl (C=O) groups excluding carboxylic acids is 2. The van der Waals surface area contributed by atoms with Crippen LogP contribution in [0.2, 0.25) is 0 Å². The van der Waals surface area contributed by atoms with Gasteiger partial charge in [-0.25, -0.2) is 14.4 Å². The zero-order valence-electron chi connectivity index (χ0n) is 21.9. The summed E-state index contributed by atoms with van der Waals surface area (Å²) in [6.45, 7) is 0. The lowest BCUT2D eigenvalue weighted by Gasteiger charge is -2.16. The number of ketones is 2. The van der Waals surface area contributed by atoms with Crippen molar-refractivity contribution in [1.82, 2.24) is 15.0 Å². The summed E-state index contributed by atoms with van der Waals surface area (Å²) in [5, 5.41) is 0. The van der Waals surface area contributed by atoms with Gasteiger partial charge in [0.1, 0.15) is 16.9 Å². The van der Waals surface area contributed by atoms with Crippen LogP contribution in [0, 0.1) is 11.2 Å². The predicted molar refractivity (Wildman–Crippen MR) is 137 cm³/mol. The number of fused-ring (bicyclic) bond motifs is 1. The number of halogens is 4. The van der Waals surface area contributed by atoms with Crippen molar-refractivity contribution in [2.75, 3.05) is 14.2 Å². The molecule has 0 atom stereocenters. The van der Waals surface area contributed by atoms with E-state index in [2.05, 4.69) is 15.0 Å². The summed E-state index contributed by atoms with van der Waals surface area (Å²) in [6.07, 6.45) is -2.29. The summed E-state index contributed by atoms with van der Waals surface area (Å²) in [5.41, 5.74) is -1.52. The molecular formula is C29H23F4N3O5. The summed E-state index contributed by atoms with van der Waals surface area (Å²) < 4.78 is 71.4. The number of carbonyl (C=O) groups is 2. The number of alkyl halides is 3. The summed E-state index contributed by atoms with van der Waals surface area (Å²) in [5.74, 6) is -1.73. The van der Waals surface area contributed by atoms with E-state index in [1.807, 2.05) is 0 Å². The van der Waals surface area contributed by atoms with E-state index in [9.17, 15) is 27.2 Å². The molecule has 41 heavy (non-hydrogen) atoms. The molecular weight excluding hydrogens is 546 g/mol. The van der Waals surface area contributed by atoms with E-state index < -0.39 is 41.1 Å². The average Bonchev–Trinajstić information content (AvgIpc) is 3.76. The molecule has 0 saturated heterocycles. The number of methoxy groups -OCH3 is 2. The predicted octanol–water partition coefficient (Wildman–Crippen LogP) is 5.70. The van der Waals surface area contributed by atoms with Gasteiger partial charge < -0.3 is 14.2 Å². The molecule has 3 heterocycles. The van der Waals surface area contributed by atoms with E-state index in [0.717, 1.165) is 12.3 Å². The largest absolute Gasteiger partial charge is 0.491 e. The van der Waals surface area contributed by atoms with Gasteiger partial charge in [-0.05, 0) is 42.2 Å². The zero-order chi connectivity index (χ0) is 29.4. The van der Waals surface area contributed by atoms with Crippen molar-refractivity contribution in [2.24, 2.45) is 5.41 Å². The lowest BCUT2D eigenvalue weighted by atomic mass is 9.88. The monoisotopic (exact) mass is 569 g/mol. The van der Waals surface area contributed by atoms with Crippen LogP contribution in [0.5, 0.6) is 23.3 Å². The fourth-order valence-electron chi connectivity index (χ4n) is 4.52. The molecule has 5 rings (SSSR count). The molecule has 212 valence electrons. The Hall–Kier alpha value is -4.61. The summed E-state index contributed by atoms with van der Waals surface area (Å²) in [7, 11) is 2.77. The van der Waals surface area contributed by atoms with E-state index in [0.29, 0.717) is 18.4 Å². The van der Waals surface area contributed by atoms with Gasteiger partial charge in [0.2, 0.25) is 5.88 Å². The van der Waals surface area contributed by atoms with Gasteiger partial charge in [-0.2, -0.15) is 13.2 Å². The van der Waals surface area contributed by atoms with E-state index in [1.165, 1.54) is 56.8 Å². The molecule has 0 aliphatic heterocycles. The third kappa shape index (κ3) is 5.67. The van der Waals surface area contributed by atoms with Gasteiger partial charge in [-0.1, -0.05) is 12.1 Å². The first kappa shape index (κ1) is 27.9. The molecule has 1 saturated carbocycles. The Morgan fingerprint density at radius 1 is 0.878 bits per heavy atom. The van der Waals surface area contributed by atoms with E-state index in [4.69, 9.17) is 14.2 Å². The van der Waals surface area contributed by atoms with Gasteiger partial charge in [0.25, 0.3) is 5.88 Å². The Kier molecular flexibility index (Phi) is 7.33. The van der Waals surface area contributed by atoms with Crippen molar-refractivity contribution in [2.45, 2.75) is 31.9 Å². The Morgan fingerprint density at radius 3 is 2.17 bits per heavy atom. The first-order valence-electron chi connectivity index (χ1n) is 12.5. The molecule has 0 spiro atoms. The highest BCUT2D eigenvalue weighted by atomic mass is 19.4. The molecule has 0 unspecified atom stereocenters. The molecule has 1 aromatic carbocycles. The maximum absolute atomic E-state index is 14.1. The number of ether oxygens (including phenoxy) is 3. The number of hydrogen-bond donors (Lipinski definition) is 0. The van der Waals surface area contributed by atoms with E-state index in [-0.39, 0.29) is 46.2 Å². The minimum Gasteiger partial charge on any atom is -0.491 e. The van der Waals surface area contributed by atoms with E-state index >= 15 is 0 Å². The number of rotatable bonds is 10. The van der Waals surface area contributed by atoms with Crippen LogP contribution in [0.1, 0.15) is 29.5 Å². The molecule has 3 aromatic heterocycles. The van der Waals surface area contributed by atoms with Gasteiger partial charge in [-0.3, -0.25) is 14.6 Å². The van der Waals surface area contributed by atoms with Crippen LogP contribution in [0.4, 0.5) is 17.6 Å². The number of hydrogen-bond acceptors (Lipinski definition) is 8. The van der Waals surface area contributed by atoms with Gasteiger partial charge in [-0.15, -0.1) is 0 Å². The number of pyridine rings is 3. The Balaban J connectivity index is 1.40. The second-order valence-corrected chi connectivity index (χ2v) is 9.58. The number of nitrogens with zero attached hydrogens (tertiary/aromatic N) is 3. The topological polar surface area (TPSA) is 100 Å². The highest BCUT2D eigenvalue weighted by molar-refractivity contribution is 6.10. The second kappa shape index (κ2) is 10.8. The third-order valence-corrected chi connectivity index (χ3v) is 6.90. The molecule has 0 bridgehead atoms. The van der Waals surface area contributed by atoms with Crippen molar-refractivity contribution >= 4 is 22.6 Å². The van der Waals surface area contributed by atoms with Crippen molar-refractivity contribution in [3.63, 3.8) is 0 Å². The molecule has 1 fully saturated rings. The van der Waals surface area contributed by atoms with Crippen LogP contribution in [0.15, 0.2) is 54.9 Å². The van der Waals surface area contributed by atoms with E-state index in [1.54, 1.807) is 0 Å². The fourth-order valence-corrected chi connectivity index (χ4v) is 4.52. The van der Waals surface area contributed by atoms with Gasteiger partial charge >= 0.3 is 6.18 Å². The normalized spacial score (nSPS) is 14.0. The first-order valence-corrected chi connectivity index (χ1v) is 12.5. The Labute approximate surface area is 231 Å². The number of benzene rings is 1. The fraction of sp³-hybridized carbons (Fsp3) is 0.276. The Morgan fingerprint density at radius 2 is 1.56 bits per heavy atom. The van der Waals surface area contributed by atoms with Crippen LogP contribution in [0.25, 0.3) is 11.0 Å². The van der Waals surface area contributed by atoms with Gasteiger partial charge in [0.15, 0.2) is 23.1 Å². The molecule has 12 heteroatoms. The van der Waals surface area contributed by atoms with Crippen LogP contribution < -0.4 is 14.2 Å². The second-order valence-electron chi connectivity index (χ2n) is 9.58. The highest BCUT2D eigenvalue weighted by Gasteiger charge is 2.54. The van der Waals surface area contributed by atoms with Crippen molar-refractivity contribution in [3.05, 3.63) is 77.4 Å². The third-order valence-electron chi connectivity index (χ3n) is 6.90. The summed E-state index contributed by atoms with van der Waals surface area (Å²) in [6, 6.07) is 8.99. The van der Waals surface area contributed by atoms with Crippen molar-refractivity contribution < 1.29 is 41.4 Å². The molecule has 1 aliphatic carbocycles. The maximum Gasteiger partial charge on any atom is 0.421 e. The van der Waals surface area contributed by atoms with Crippen LogP contribution >= 0.6 is 0 Å².